The fourth-order valence-electron chi connectivity index (χ4n) is 5.83. The van der Waals surface area contributed by atoms with Crippen LogP contribution in [0.2, 0.25) is 0 Å². The minimum atomic E-state index is -0.193. The lowest BCUT2D eigenvalue weighted by atomic mass is 9.90. The highest BCUT2D eigenvalue weighted by Gasteiger charge is 2.39. The molecule has 0 radical (unpaired) electrons. The lowest BCUT2D eigenvalue weighted by molar-refractivity contribution is -0.0103. The number of benzene rings is 6. The van der Waals surface area contributed by atoms with Gasteiger partial charge in [0.25, 0.3) is 0 Å². The standard InChI is InChI=1S/C35H30O3/c1-22-6-14-27(15-7-22)36-21-33-32(37-28-16-8-23(2)9-17-28)20-31(38-33)29-18-12-26-11-10-24-4-3-5-25-13-19-30(29)35(26)34(24)25/h3-19,31-33H,20-21H2,1-2H3/t31-,32-,33+/m0/s1. The van der Waals surface area contributed by atoms with Crippen molar-refractivity contribution in [3.63, 3.8) is 0 Å². The highest BCUT2D eigenvalue weighted by Crippen LogP contribution is 2.42. The summed E-state index contributed by atoms with van der Waals surface area (Å²) in [5.41, 5.74) is 3.64. The second-order valence-corrected chi connectivity index (χ2v) is 10.5. The zero-order valence-electron chi connectivity index (χ0n) is 21.7. The molecule has 1 aliphatic rings. The first-order chi connectivity index (χ1) is 18.6. The Kier molecular flexibility index (Phi) is 5.67. The lowest BCUT2D eigenvalue weighted by Crippen LogP contribution is -2.32. The van der Waals surface area contributed by atoms with E-state index in [2.05, 4.69) is 92.7 Å². The zero-order valence-corrected chi connectivity index (χ0v) is 21.7. The summed E-state index contributed by atoms with van der Waals surface area (Å²) in [6.07, 6.45) is 0.370. The molecule has 0 aromatic heterocycles. The van der Waals surface area contributed by atoms with Gasteiger partial charge in [-0.25, -0.2) is 0 Å². The lowest BCUT2D eigenvalue weighted by Gasteiger charge is -2.21. The summed E-state index contributed by atoms with van der Waals surface area (Å²) >= 11 is 0. The van der Waals surface area contributed by atoms with Crippen LogP contribution in [-0.4, -0.2) is 18.8 Å². The van der Waals surface area contributed by atoms with Crippen LogP contribution >= 0.6 is 0 Å². The number of aryl methyl sites for hydroxylation is 2. The Morgan fingerprint density at radius 3 is 1.97 bits per heavy atom. The van der Waals surface area contributed by atoms with Gasteiger partial charge in [-0.1, -0.05) is 90.0 Å². The van der Waals surface area contributed by atoms with Crippen molar-refractivity contribution in [2.75, 3.05) is 6.61 Å². The van der Waals surface area contributed by atoms with Gasteiger partial charge in [0.05, 0.1) is 6.10 Å². The maximum absolute atomic E-state index is 6.74. The Morgan fingerprint density at radius 2 is 1.26 bits per heavy atom. The molecule has 1 heterocycles. The maximum atomic E-state index is 6.74. The van der Waals surface area contributed by atoms with E-state index < -0.39 is 0 Å². The summed E-state index contributed by atoms with van der Waals surface area (Å²) in [5, 5.41) is 7.71. The smallest absolute Gasteiger partial charge is 0.131 e. The van der Waals surface area contributed by atoms with Crippen molar-refractivity contribution in [3.8, 4) is 11.5 Å². The van der Waals surface area contributed by atoms with E-state index in [1.54, 1.807) is 0 Å². The third kappa shape index (κ3) is 4.13. The number of rotatable bonds is 6. The quantitative estimate of drug-likeness (QED) is 0.215. The molecule has 1 fully saturated rings. The molecule has 0 N–H and O–H groups in total. The predicted octanol–water partition coefficient (Wildman–Crippen LogP) is 8.56. The van der Waals surface area contributed by atoms with Crippen molar-refractivity contribution in [3.05, 3.63) is 120 Å². The predicted molar refractivity (Wildman–Crippen MR) is 155 cm³/mol. The monoisotopic (exact) mass is 498 g/mol. The van der Waals surface area contributed by atoms with Gasteiger partial charge in [-0.2, -0.15) is 0 Å². The van der Waals surface area contributed by atoms with Gasteiger partial charge in [-0.05, 0) is 76.0 Å². The van der Waals surface area contributed by atoms with Crippen LogP contribution < -0.4 is 9.47 Å². The molecule has 1 aliphatic heterocycles. The summed E-state index contributed by atoms with van der Waals surface area (Å²) in [6.45, 7) is 4.60. The van der Waals surface area contributed by atoms with Crippen molar-refractivity contribution >= 4 is 32.3 Å². The average molecular weight is 499 g/mol. The fourth-order valence-corrected chi connectivity index (χ4v) is 5.83. The Balaban J connectivity index is 1.24. The number of hydrogen-bond acceptors (Lipinski definition) is 3. The third-order valence-corrected chi connectivity index (χ3v) is 7.85. The molecule has 3 atom stereocenters. The number of ether oxygens (including phenoxy) is 3. The van der Waals surface area contributed by atoms with Crippen LogP contribution in [0.25, 0.3) is 32.3 Å². The Morgan fingerprint density at radius 1 is 0.658 bits per heavy atom. The van der Waals surface area contributed by atoms with E-state index in [4.69, 9.17) is 14.2 Å². The van der Waals surface area contributed by atoms with Crippen molar-refractivity contribution in [2.24, 2.45) is 0 Å². The van der Waals surface area contributed by atoms with Crippen LogP contribution in [0.4, 0.5) is 0 Å². The highest BCUT2D eigenvalue weighted by molar-refractivity contribution is 6.23. The summed E-state index contributed by atoms with van der Waals surface area (Å²) < 4.78 is 19.5. The minimum absolute atomic E-state index is 0.0818. The van der Waals surface area contributed by atoms with E-state index in [-0.39, 0.29) is 18.3 Å². The van der Waals surface area contributed by atoms with Gasteiger partial charge in [-0.15, -0.1) is 0 Å². The van der Waals surface area contributed by atoms with Gasteiger partial charge in [-0.3, -0.25) is 0 Å². The van der Waals surface area contributed by atoms with Crippen molar-refractivity contribution in [1.29, 1.82) is 0 Å². The summed E-state index contributed by atoms with van der Waals surface area (Å²) in [7, 11) is 0. The van der Waals surface area contributed by atoms with Crippen LogP contribution in [-0.2, 0) is 4.74 Å². The van der Waals surface area contributed by atoms with Crippen molar-refractivity contribution in [2.45, 2.75) is 38.6 Å². The largest absolute Gasteiger partial charge is 0.491 e. The van der Waals surface area contributed by atoms with Gasteiger partial charge in [0.15, 0.2) is 0 Å². The zero-order chi connectivity index (χ0) is 25.6. The van der Waals surface area contributed by atoms with Crippen LogP contribution in [0.15, 0.2) is 103 Å². The minimum Gasteiger partial charge on any atom is -0.491 e. The van der Waals surface area contributed by atoms with Crippen LogP contribution in [0.3, 0.4) is 0 Å². The number of hydrogen-bond donors (Lipinski definition) is 0. The van der Waals surface area contributed by atoms with Crippen LogP contribution in [0.1, 0.15) is 29.2 Å². The molecule has 7 rings (SSSR count). The Labute approximate surface area is 222 Å². The Bertz CT molecular complexity index is 1700. The van der Waals surface area contributed by atoms with E-state index in [1.165, 1.54) is 49.0 Å². The molecule has 0 aliphatic carbocycles. The molecule has 6 aromatic rings. The van der Waals surface area contributed by atoms with E-state index >= 15 is 0 Å². The van der Waals surface area contributed by atoms with Gasteiger partial charge >= 0.3 is 0 Å². The third-order valence-electron chi connectivity index (χ3n) is 7.85. The molecular weight excluding hydrogens is 468 g/mol. The first kappa shape index (κ1) is 23.1. The molecule has 3 heteroatoms. The molecule has 0 amide bonds. The van der Waals surface area contributed by atoms with Crippen LogP contribution in [0.5, 0.6) is 11.5 Å². The van der Waals surface area contributed by atoms with E-state index in [1.807, 2.05) is 24.3 Å². The molecule has 6 aromatic carbocycles. The summed E-state index contributed by atoms with van der Waals surface area (Å²) in [5.74, 6) is 1.71. The maximum Gasteiger partial charge on any atom is 0.131 e. The van der Waals surface area contributed by atoms with Gasteiger partial charge < -0.3 is 14.2 Å². The molecule has 0 bridgehead atoms. The van der Waals surface area contributed by atoms with Gasteiger partial charge in [0.2, 0.25) is 0 Å². The highest BCUT2D eigenvalue weighted by atomic mass is 16.6. The summed E-state index contributed by atoms with van der Waals surface area (Å²) in [4.78, 5) is 0. The molecule has 0 spiro atoms. The molecule has 188 valence electrons. The average Bonchev–Trinajstić information content (AvgIpc) is 3.34. The second-order valence-electron chi connectivity index (χ2n) is 10.5. The SMILES string of the molecule is Cc1ccc(OC[C@H]2O[C@H](c3ccc4ccc5cccc6ccc3c4c56)C[C@@H]2Oc2ccc(C)cc2)cc1. The summed E-state index contributed by atoms with van der Waals surface area (Å²) in [6, 6.07) is 36.4. The Hall–Kier alpha value is -4.08. The molecule has 0 saturated carbocycles. The van der Waals surface area contributed by atoms with E-state index in [0.29, 0.717) is 6.61 Å². The van der Waals surface area contributed by atoms with Gasteiger partial charge in [0.1, 0.15) is 30.3 Å². The molecule has 38 heavy (non-hydrogen) atoms. The van der Waals surface area contributed by atoms with Crippen LogP contribution in [0, 0.1) is 13.8 Å². The molecular formula is C35H30O3. The van der Waals surface area contributed by atoms with E-state index in [9.17, 15) is 0 Å². The van der Waals surface area contributed by atoms with Crippen molar-refractivity contribution < 1.29 is 14.2 Å². The molecule has 1 saturated heterocycles. The van der Waals surface area contributed by atoms with Gasteiger partial charge in [0, 0.05) is 6.42 Å². The molecule has 0 unspecified atom stereocenters. The van der Waals surface area contributed by atoms with E-state index in [0.717, 1.165) is 17.9 Å². The normalized spacial score (nSPS) is 19.5. The topological polar surface area (TPSA) is 27.7 Å². The first-order valence-electron chi connectivity index (χ1n) is 13.4. The first-order valence-corrected chi connectivity index (χ1v) is 13.4. The second kappa shape index (κ2) is 9.34. The van der Waals surface area contributed by atoms with Crippen molar-refractivity contribution in [1.82, 2.24) is 0 Å². The fraction of sp³-hybridized carbons (Fsp3) is 0.200. The molecule has 3 nitrogen and oxygen atoms in total.